The van der Waals surface area contributed by atoms with Crippen LogP contribution in [0.15, 0.2) is 35.7 Å². The van der Waals surface area contributed by atoms with E-state index in [1.54, 1.807) is 18.2 Å². The van der Waals surface area contributed by atoms with Crippen LogP contribution in [0.1, 0.15) is 29.0 Å². The number of benzene rings is 1. The Bertz CT molecular complexity index is 478. The molecule has 1 nitrogen and oxygen atoms in total. The minimum absolute atomic E-state index is 0.347. The third kappa shape index (κ3) is 2.01. The molecule has 0 spiro atoms. The highest BCUT2D eigenvalue weighted by atomic mass is 32.1. The first-order valence-electron chi connectivity index (χ1n) is 5.22. The molecule has 0 aliphatic rings. The first-order valence-corrected chi connectivity index (χ1v) is 6.10. The van der Waals surface area contributed by atoms with Gasteiger partial charge in [-0.3, -0.25) is 0 Å². The molecule has 1 atom stereocenters. The third-order valence-electron chi connectivity index (χ3n) is 2.61. The topological polar surface area (TPSA) is 20.2 Å². The fourth-order valence-electron chi connectivity index (χ4n) is 1.72. The van der Waals surface area contributed by atoms with Crippen LogP contribution in [-0.2, 0) is 6.42 Å². The molecule has 1 aromatic carbocycles. The lowest BCUT2D eigenvalue weighted by Crippen LogP contribution is -2.02. The minimum Gasteiger partial charge on any atom is -0.383 e. The van der Waals surface area contributed by atoms with Crippen molar-refractivity contribution in [1.82, 2.24) is 0 Å². The van der Waals surface area contributed by atoms with Gasteiger partial charge in [-0.05, 0) is 29.5 Å². The predicted molar refractivity (Wildman–Crippen MR) is 64.2 cm³/mol. The van der Waals surface area contributed by atoms with Crippen LogP contribution in [0.25, 0.3) is 0 Å². The van der Waals surface area contributed by atoms with Crippen LogP contribution in [0.2, 0.25) is 0 Å². The van der Waals surface area contributed by atoms with Crippen LogP contribution in [0.5, 0.6) is 0 Å². The first-order chi connectivity index (χ1) is 7.74. The lowest BCUT2D eigenvalue weighted by atomic mass is 10.0. The average molecular weight is 236 g/mol. The van der Waals surface area contributed by atoms with Crippen LogP contribution in [0, 0.1) is 5.82 Å². The minimum atomic E-state index is -0.851. The molecule has 1 unspecified atom stereocenters. The maximum absolute atomic E-state index is 13.5. The fraction of sp³-hybridized carbons (Fsp3) is 0.231. The number of aryl methyl sites for hydroxylation is 1. The van der Waals surface area contributed by atoms with E-state index < -0.39 is 6.10 Å². The summed E-state index contributed by atoms with van der Waals surface area (Å²) in [5.74, 6) is -0.356. The molecule has 0 aliphatic carbocycles. The van der Waals surface area contributed by atoms with Crippen LogP contribution in [-0.4, -0.2) is 5.11 Å². The van der Waals surface area contributed by atoms with E-state index in [1.165, 1.54) is 17.4 Å². The Labute approximate surface area is 98.2 Å². The van der Waals surface area contributed by atoms with Crippen LogP contribution in [0.4, 0.5) is 4.39 Å². The van der Waals surface area contributed by atoms with Crippen LogP contribution >= 0.6 is 11.3 Å². The highest BCUT2D eigenvalue weighted by Gasteiger charge is 2.18. The zero-order chi connectivity index (χ0) is 11.5. The van der Waals surface area contributed by atoms with Gasteiger partial charge in [-0.2, -0.15) is 0 Å². The van der Waals surface area contributed by atoms with E-state index in [9.17, 15) is 9.50 Å². The predicted octanol–water partition coefficient (Wildman–Crippen LogP) is 3.53. The summed E-state index contributed by atoms with van der Waals surface area (Å²) in [4.78, 5) is 0.840. The second kappa shape index (κ2) is 4.76. The third-order valence-corrected chi connectivity index (χ3v) is 3.62. The van der Waals surface area contributed by atoms with Crippen molar-refractivity contribution >= 4 is 11.3 Å². The number of hydrogen-bond acceptors (Lipinski definition) is 2. The summed E-state index contributed by atoms with van der Waals surface area (Å²) in [6, 6.07) is 8.34. The maximum atomic E-state index is 13.5. The van der Waals surface area contributed by atoms with Gasteiger partial charge in [-0.25, -0.2) is 4.39 Å². The van der Waals surface area contributed by atoms with Gasteiger partial charge < -0.3 is 5.11 Å². The summed E-state index contributed by atoms with van der Waals surface area (Å²) in [6.07, 6.45) is 0.000747. The van der Waals surface area contributed by atoms with Gasteiger partial charge in [0.1, 0.15) is 11.9 Å². The molecule has 1 N–H and O–H groups in total. The van der Waals surface area contributed by atoms with E-state index >= 15 is 0 Å². The Kier molecular flexibility index (Phi) is 3.36. The van der Waals surface area contributed by atoms with Crippen molar-refractivity contribution in [3.05, 3.63) is 57.5 Å². The molecule has 0 saturated heterocycles. The molecule has 0 radical (unpaired) electrons. The van der Waals surface area contributed by atoms with Gasteiger partial charge in [0.2, 0.25) is 0 Å². The van der Waals surface area contributed by atoms with Gasteiger partial charge in [0, 0.05) is 10.4 Å². The molecular formula is C13H13FOS. The molecule has 0 aliphatic heterocycles. The summed E-state index contributed by atoms with van der Waals surface area (Å²) in [5, 5.41) is 12.1. The molecule has 3 heteroatoms. The summed E-state index contributed by atoms with van der Waals surface area (Å²) in [7, 11) is 0. The summed E-state index contributed by atoms with van der Waals surface area (Å²) < 4.78 is 13.5. The van der Waals surface area contributed by atoms with E-state index in [0.29, 0.717) is 5.56 Å². The smallest absolute Gasteiger partial charge is 0.129 e. The largest absolute Gasteiger partial charge is 0.383 e. The SMILES string of the molecule is CCc1ccsc1C(O)c1ccccc1F. The van der Waals surface area contributed by atoms with Gasteiger partial charge in [-0.1, -0.05) is 25.1 Å². The van der Waals surface area contributed by atoms with Crippen molar-refractivity contribution in [3.63, 3.8) is 0 Å². The number of aliphatic hydroxyl groups excluding tert-OH is 1. The molecular weight excluding hydrogens is 223 g/mol. The van der Waals surface area contributed by atoms with Gasteiger partial charge in [0.25, 0.3) is 0 Å². The molecule has 0 fully saturated rings. The maximum Gasteiger partial charge on any atom is 0.129 e. The number of hydrogen-bond donors (Lipinski definition) is 1. The highest BCUT2D eigenvalue weighted by Crippen LogP contribution is 2.31. The summed E-state index contributed by atoms with van der Waals surface area (Å²) in [5.41, 5.74) is 1.43. The Balaban J connectivity index is 2.39. The van der Waals surface area contributed by atoms with E-state index in [0.717, 1.165) is 16.9 Å². The average Bonchev–Trinajstić information content (AvgIpc) is 2.77. The lowest BCUT2D eigenvalue weighted by Gasteiger charge is -2.12. The van der Waals surface area contributed by atoms with E-state index in [2.05, 4.69) is 0 Å². The second-order valence-corrected chi connectivity index (χ2v) is 4.54. The Morgan fingerprint density at radius 1 is 1.31 bits per heavy atom. The Morgan fingerprint density at radius 2 is 2.06 bits per heavy atom. The van der Waals surface area contributed by atoms with Gasteiger partial charge >= 0.3 is 0 Å². The van der Waals surface area contributed by atoms with Crippen molar-refractivity contribution in [3.8, 4) is 0 Å². The van der Waals surface area contributed by atoms with Gasteiger partial charge in [-0.15, -0.1) is 11.3 Å². The van der Waals surface area contributed by atoms with Crippen molar-refractivity contribution in [2.75, 3.05) is 0 Å². The molecule has 2 aromatic rings. The monoisotopic (exact) mass is 236 g/mol. The number of rotatable bonds is 3. The number of thiophene rings is 1. The van der Waals surface area contributed by atoms with E-state index in [-0.39, 0.29) is 5.82 Å². The molecule has 84 valence electrons. The van der Waals surface area contributed by atoms with Crippen molar-refractivity contribution < 1.29 is 9.50 Å². The molecule has 1 aromatic heterocycles. The molecule has 1 heterocycles. The summed E-state index contributed by atoms with van der Waals surface area (Å²) in [6.45, 7) is 2.03. The zero-order valence-electron chi connectivity index (χ0n) is 8.98. The Hall–Kier alpha value is -1.19. The first kappa shape index (κ1) is 11.3. The normalized spacial score (nSPS) is 12.7. The quantitative estimate of drug-likeness (QED) is 0.864. The molecule has 2 rings (SSSR count). The zero-order valence-corrected chi connectivity index (χ0v) is 9.80. The van der Waals surface area contributed by atoms with Crippen LogP contribution in [0.3, 0.4) is 0 Å². The number of aliphatic hydroxyl groups is 1. The van der Waals surface area contributed by atoms with Crippen molar-refractivity contribution in [1.29, 1.82) is 0 Å². The van der Waals surface area contributed by atoms with Gasteiger partial charge in [0.05, 0.1) is 0 Å². The number of halogens is 1. The van der Waals surface area contributed by atoms with Crippen LogP contribution < -0.4 is 0 Å². The second-order valence-electron chi connectivity index (χ2n) is 3.59. The highest BCUT2D eigenvalue weighted by molar-refractivity contribution is 7.10. The molecule has 0 amide bonds. The van der Waals surface area contributed by atoms with Crippen molar-refractivity contribution in [2.24, 2.45) is 0 Å². The molecule has 0 bridgehead atoms. The van der Waals surface area contributed by atoms with E-state index in [1.807, 2.05) is 18.4 Å². The van der Waals surface area contributed by atoms with E-state index in [4.69, 9.17) is 0 Å². The van der Waals surface area contributed by atoms with Crippen molar-refractivity contribution in [2.45, 2.75) is 19.4 Å². The Morgan fingerprint density at radius 3 is 2.75 bits per heavy atom. The van der Waals surface area contributed by atoms with Gasteiger partial charge in [0.15, 0.2) is 0 Å². The molecule has 16 heavy (non-hydrogen) atoms. The molecule has 0 saturated carbocycles. The standard InChI is InChI=1S/C13H13FOS/c1-2-9-7-8-16-13(9)12(15)10-5-3-4-6-11(10)14/h3-8,12,15H,2H2,1H3. The lowest BCUT2D eigenvalue weighted by molar-refractivity contribution is 0.218. The fourth-order valence-corrected chi connectivity index (χ4v) is 2.72. The summed E-state index contributed by atoms with van der Waals surface area (Å²) >= 11 is 1.47.